The molecule has 0 unspecified atom stereocenters. The van der Waals surface area contributed by atoms with Gasteiger partial charge in [0.25, 0.3) is 0 Å². The molecule has 0 atom stereocenters. The molecule has 2 aliphatic carbocycles. The number of hydrogen-bond acceptors (Lipinski definition) is 1. The van der Waals surface area contributed by atoms with Crippen molar-refractivity contribution in [3.05, 3.63) is 47.5 Å². The molecule has 1 aromatic carbocycles. The summed E-state index contributed by atoms with van der Waals surface area (Å²) in [4.78, 5) is 0. The van der Waals surface area contributed by atoms with Crippen molar-refractivity contribution in [2.24, 2.45) is 17.8 Å². The maximum Gasteiger partial charge on any atom is 0.0928 e. The van der Waals surface area contributed by atoms with Crippen molar-refractivity contribution in [1.29, 1.82) is 0 Å². The number of alkyl halides is 1. The number of hydrogen-bond donors (Lipinski definition) is 0. The first-order valence-electron chi connectivity index (χ1n) is 12.6. The van der Waals surface area contributed by atoms with Crippen molar-refractivity contribution in [1.82, 2.24) is 0 Å². The Morgan fingerprint density at radius 3 is 1.87 bits per heavy atom. The van der Waals surface area contributed by atoms with Crippen LogP contribution in [-0.4, -0.2) is 13.8 Å². The molecule has 0 aromatic heterocycles. The summed E-state index contributed by atoms with van der Waals surface area (Å²) in [5.74, 6) is 3.64. The van der Waals surface area contributed by atoms with E-state index in [0.717, 1.165) is 30.1 Å². The Hall–Kier alpha value is -1.15. The molecule has 168 valence electrons. The summed E-state index contributed by atoms with van der Waals surface area (Å²) in [6, 6.07) is 9.13. The van der Waals surface area contributed by atoms with Gasteiger partial charge in [-0.05, 0) is 79.7 Å². The Morgan fingerprint density at radius 2 is 1.30 bits per heavy atom. The lowest BCUT2D eigenvalue weighted by Crippen LogP contribution is -2.17. The molecular formula is C28H43FO. The lowest BCUT2D eigenvalue weighted by molar-refractivity contribution is 0.185. The van der Waals surface area contributed by atoms with Gasteiger partial charge in [-0.2, -0.15) is 0 Å². The van der Waals surface area contributed by atoms with Gasteiger partial charge in [0.1, 0.15) is 0 Å². The zero-order chi connectivity index (χ0) is 21.0. The number of benzene rings is 1. The number of ether oxygens (including phenoxy) is 1. The van der Waals surface area contributed by atoms with E-state index >= 15 is 0 Å². The molecule has 1 nitrogen and oxygen atoms in total. The quantitative estimate of drug-likeness (QED) is 0.330. The first-order chi connectivity index (χ1) is 14.8. The van der Waals surface area contributed by atoms with Gasteiger partial charge in [-0.25, -0.2) is 0 Å². The van der Waals surface area contributed by atoms with Crippen LogP contribution in [0.4, 0.5) is 4.39 Å². The van der Waals surface area contributed by atoms with E-state index in [1.165, 1.54) is 81.8 Å². The van der Waals surface area contributed by atoms with E-state index in [1.54, 1.807) is 7.11 Å². The normalized spacial score (nSPS) is 27.5. The van der Waals surface area contributed by atoms with Crippen molar-refractivity contribution in [2.75, 3.05) is 13.8 Å². The van der Waals surface area contributed by atoms with E-state index in [1.807, 2.05) is 6.08 Å². The van der Waals surface area contributed by atoms with Crippen LogP contribution in [0.25, 0.3) is 0 Å². The Morgan fingerprint density at radius 1 is 0.767 bits per heavy atom. The van der Waals surface area contributed by atoms with Gasteiger partial charge in [0.15, 0.2) is 0 Å². The lowest BCUT2D eigenvalue weighted by atomic mass is 9.74. The first kappa shape index (κ1) is 23.5. The van der Waals surface area contributed by atoms with Gasteiger partial charge in [-0.15, -0.1) is 0 Å². The van der Waals surface area contributed by atoms with Crippen LogP contribution in [0.3, 0.4) is 0 Å². The van der Waals surface area contributed by atoms with Crippen LogP contribution in [0.2, 0.25) is 0 Å². The van der Waals surface area contributed by atoms with Crippen LogP contribution in [0.1, 0.15) is 101 Å². The van der Waals surface area contributed by atoms with Crippen LogP contribution >= 0.6 is 0 Å². The van der Waals surface area contributed by atoms with Crippen LogP contribution in [0, 0.1) is 17.8 Å². The minimum absolute atomic E-state index is 0.217. The third-order valence-corrected chi connectivity index (χ3v) is 7.74. The van der Waals surface area contributed by atoms with Crippen molar-refractivity contribution in [2.45, 2.75) is 96.0 Å². The molecule has 2 saturated carbocycles. The van der Waals surface area contributed by atoms with E-state index in [4.69, 9.17) is 4.74 Å². The Bertz CT molecular complexity index is 592. The second-order valence-electron chi connectivity index (χ2n) is 9.88. The number of allylic oxidation sites excluding steroid dienone is 2. The molecule has 2 aliphatic rings. The number of rotatable bonds is 11. The molecular weight excluding hydrogens is 371 g/mol. The van der Waals surface area contributed by atoms with Crippen molar-refractivity contribution in [3.8, 4) is 0 Å². The fourth-order valence-electron chi connectivity index (χ4n) is 5.75. The number of methoxy groups -OCH3 is 1. The fourth-order valence-corrected chi connectivity index (χ4v) is 5.75. The molecule has 30 heavy (non-hydrogen) atoms. The topological polar surface area (TPSA) is 9.23 Å². The van der Waals surface area contributed by atoms with Crippen molar-refractivity contribution >= 4 is 0 Å². The monoisotopic (exact) mass is 414 g/mol. The minimum Gasteiger partial charge on any atom is -0.380 e. The molecule has 0 heterocycles. The second kappa shape index (κ2) is 13.3. The van der Waals surface area contributed by atoms with E-state index in [0.29, 0.717) is 13.0 Å². The van der Waals surface area contributed by atoms with Crippen LogP contribution in [-0.2, 0) is 11.3 Å². The zero-order valence-electron chi connectivity index (χ0n) is 19.2. The predicted molar refractivity (Wildman–Crippen MR) is 126 cm³/mol. The third kappa shape index (κ3) is 7.84. The molecule has 3 rings (SSSR count). The van der Waals surface area contributed by atoms with Gasteiger partial charge in [0, 0.05) is 7.11 Å². The summed E-state index contributed by atoms with van der Waals surface area (Å²) in [6.07, 6.45) is 21.5. The molecule has 2 fully saturated rings. The molecule has 0 N–H and O–H groups in total. The molecule has 0 spiro atoms. The molecule has 0 radical (unpaired) electrons. The molecule has 0 amide bonds. The molecule has 0 saturated heterocycles. The lowest BCUT2D eigenvalue weighted by Gasteiger charge is -2.32. The van der Waals surface area contributed by atoms with Crippen LogP contribution in [0.5, 0.6) is 0 Å². The van der Waals surface area contributed by atoms with Gasteiger partial charge in [0.05, 0.1) is 13.3 Å². The summed E-state index contributed by atoms with van der Waals surface area (Å²) < 4.78 is 17.3. The molecule has 2 heteroatoms. The minimum atomic E-state index is -0.217. The SMILES string of the molecule is COCc1ccc(C2CCC(CCC3CCC(CC/C=C/CCF)CC3)CC2)cc1. The Kier molecular flexibility index (Phi) is 10.4. The van der Waals surface area contributed by atoms with E-state index in [-0.39, 0.29) is 6.67 Å². The van der Waals surface area contributed by atoms with Crippen molar-refractivity contribution in [3.63, 3.8) is 0 Å². The van der Waals surface area contributed by atoms with Crippen molar-refractivity contribution < 1.29 is 9.13 Å². The summed E-state index contributed by atoms with van der Waals surface area (Å²) in [6.45, 7) is 0.498. The highest BCUT2D eigenvalue weighted by atomic mass is 19.1. The van der Waals surface area contributed by atoms with Gasteiger partial charge >= 0.3 is 0 Å². The zero-order valence-corrected chi connectivity index (χ0v) is 19.2. The fraction of sp³-hybridized carbons (Fsp3) is 0.714. The second-order valence-corrected chi connectivity index (χ2v) is 9.88. The average Bonchev–Trinajstić information content (AvgIpc) is 2.79. The van der Waals surface area contributed by atoms with E-state index in [2.05, 4.69) is 30.3 Å². The van der Waals surface area contributed by atoms with E-state index < -0.39 is 0 Å². The van der Waals surface area contributed by atoms with Crippen LogP contribution in [0.15, 0.2) is 36.4 Å². The highest BCUT2D eigenvalue weighted by Gasteiger charge is 2.25. The third-order valence-electron chi connectivity index (χ3n) is 7.74. The smallest absolute Gasteiger partial charge is 0.0928 e. The molecule has 0 bridgehead atoms. The first-order valence-corrected chi connectivity index (χ1v) is 12.6. The largest absolute Gasteiger partial charge is 0.380 e. The molecule has 0 aliphatic heterocycles. The van der Waals surface area contributed by atoms with Gasteiger partial charge in [-0.3, -0.25) is 4.39 Å². The maximum atomic E-state index is 12.1. The standard InChI is InChI=1S/C28H43FO/c1-30-22-26-15-19-28(20-16-26)27-17-13-25(14-18-27)12-11-24-9-7-23(8-10-24)6-4-2-3-5-21-29/h2-3,15-16,19-20,23-25,27H,4-14,17-18,21-22H2,1H3/b3-2+. The maximum absolute atomic E-state index is 12.1. The van der Waals surface area contributed by atoms with Gasteiger partial charge in [-0.1, -0.05) is 74.9 Å². The highest BCUT2D eigenvalue weighted by Crippen LogP contribution is 2.40. The highest BCUT2D eigenvalue weighted by molar-refractivity contribution is 5.25. The Balaban J connectivity index is 1.28. The summed E-state index contributed by atoms with van der Waals surface area (Å²) in [5, 5.41) is 0. The van der Waals surface area contributed by atoms with E-state index in [9.17, 15) is 4.39 Å². The van der Waals surface area contributed by atoms with Crippen LogP contribution < -0.4 is 0 Å². The predicted octanol–water partition coefficient (Wildman–Crippen LogP) is 8.39. The summed E-state index contributed by atoms with van der Waals surface area (Å²) in [5.41, 5.74) is 2.81. The Labute approximate surface area is 184 Å². The summed E-state index contributed by atoms with van der Waals surface area (Å²) >= 11 is 0. The average molecular weight is 415 g/mol. The van der Waals surface area contributed by atoms with Gasteiger partial charge in [0.2, 0.25) is 0 Å². The van der Waals surface area contributed by atoms with Gasteiger partial charge < -0.3 is 4.74 Å². The molecule has 1 aromatic rings. The number of halogens is 1. The summed E-state index contributed by atoms with van der Waals surface area (Å²) in [7, 11) is 1.76.